The van der Waals surface area contributed by atoms with Crippen molar-refractivity contribution in [2.24, 2.45) is 5.92 Å². The number of hydrogen-bond donors (Lipinski definition) is 1. The molecule has 3 aliphatic rings. The predicted octanol–water partition coefficient (Wildman–Crippen LogP) is 3.41. The molecule has 1 unspecified atom stereocenters. The van der Waals surface area contributed by atoms with Crippen molar-refractivity contribution in [1.29, 1.82) is 0 Å². The Balaban J connectivity index is 0.00000192. The first kappa shape index (κ1) is 19.2. The minimum Gasteiger partial charge on any atom is -0.491 e. The fourth-order valence-electron chi connectivity index (χ4n) is 4.67. The summed E-state index contributed by atoms with van der Waals surface area (Å²) in [4.78, 5) is 15.5. The summed E-state index contributed by atoms with van der Waals surface area (Å²) in [5.41, 5.74) is 0.996. The first-order valence-corrected chi connectivity index (χ1v) is 9.36. The van der Waals surface area contributed by atoms with E-state index in [-0.39, 0.29) is 30.7 Å². The molecule has 7 heteroatoms. The number of rotatable bonds is 2. The number of halogens is 3. The summed E-state index contributed by atoms with van der Waals surface area (Å²) in [5.74, 6) is -1.35. The lowest BCUT2D eigenvalue weighted by molar-refractivity contribution is -0.122. The number of ether oxygens (including phenoxy) is 1. The van der Waals surface area contributed by atoms with E-state index in [1.807, 2.05) is 29.2 Å². The number of fused-ring (bicyclic) bond motifs is 4. The third-order valence-corrected chi connectivity index (χ3v) is 6.09. The lowest BCUT2D eigenvalue weighted by Gasteiger charge is -2.29. The minimum atomic E-state index is -1.09. The molecule has 0 aliphatic carbocycles. The molecule has 1 N–H and O–H groups in total. The third-order valence-electron chi connectivity index (χ3n) is 6.09. The van der Waals surface area contributed by atoms with Gasteiger partial charge < -0.3 is 15.0 Å². The van der Waals surface area contributed by atoms with Crippen molar-refractivity contribution < 1.29 is 18.3 Å². The van der Waals surface area contributed by atoms with Gasteiger partial charge in [-0.05, 0) is 49.5 Å². The zero-order valence-electron chi connectivity index (χ0n) is 15.2. The van der Waals surface area contributed by atoms with E-state index < -0.39 is 17.0 Å². The van der Waals surface area contributed by atoms with Crippen molar-refractivity contribution in [2.75, 3.05) is 31.1 Å². The normalized spacial score (nSPS) is 23.4. The average Bonchev–Trinajstić information content (AvgIpc) is 3.16. The summed E-state index contributed by atoms with van der Waals surface area (Å²) in [7, 11) is 0. The van der Waals surface area contributed by atoms with Crippen LogP contribution in [0.4, 0.5) is 14.5 Å². The van der Waals surface area contributed by atoms with Crippen LogP contribution < -0.4 is 15.0 Å². The molecule has 0 aromatic heterocycles. The third kappa shape index (κ3) is 2.62. The molecule has 5 rings (SSSR count). The van der Waals surface area contributed by atoms with Gasteiger partial charge in [0.2, 0.25) is 5.91 Å². The van der Waals surface area contributed by atoms with Gasteiger partial charge in [-0.3, -0.25) is 4.79 Å². The van der Waals surface area contributed by atoms with Crippen LogP contribution in [0.1, 0.15) is 24.0 Å². The van der Waals surface area contributed by atoms with Crippen LogP contribution in [0.3, 0.4) is 0 Å². The fourth-order valence-corrected chi connectivity index (χ4v) is 4.67. The van der Waals surface area contributed by atoms with Crippen molar-refractivity contribution >= 4 is 24.0 Å². The van der Waals surface area contributed by atoms with E-state index in [1.165, 1.54) is 0 Å². The molecule has 1 amide bonds. The van der Waals surface area contributed by atoms with Crippen LogP contribution >= 0.6 is 12.4 Å². The summed E-state index contributed by atoms with van der Waals surface area (Å²) >= 11 is 0. The monoisotopic (exact) mass is 406 g/mol. The number of piperidine rings is 1. The second-order valence-electron chi connectivity index (χ2n) is 7.58. The number of carbonyl (C=O) groups is 1. The second kappa shape index (κ2) is 7.01. The Bertz CT molecular complexity index is 933. The van der Waals surface area contributed by atoms with Crippen LogP contribution in [0.25, 0.3) is 0 Å². The standard InChI is InChI=1S/C21H20F2N2O2.ClH/c22-16-9-15-19(10-17(16)23)27-12-21(15)14-3-1-2-4-18(14)25(20(21)26)11-13-5-7-24-8-6-13;/h1-4,9-10,13,24H,5-8,11-12H2;1H. The van der Waals surface area contributed by atoms with Gasteiger partial charge in [0.15, 0.2) is 11.6 Å². The molecule has 1 saturated heterocycles. The Hall–Kier alpha value is -2.18. The summed E-state index contributed by atoms with van der Waals surface area (Å²) in [6, 6.07) is 9.78. The number of amides is 1. The maximum Gasteiger partial charge on any atom is 0.245 e. The molecule has 1 fully saturated rings. The van der Waals surface area contributed by atoms with Gasteiger partial charge in [0, 0.05) is 23.9 Å². The smallest absolute Gasteiger partial charge is 0.245 e. The van der Waals surface area contributed by atoms with E-state index in [9.17, 15) is 13.6 Å². The molecule has 2 aromatic carbocycles. The van der Waals surface area contributed by atoms with Crippen LogP contribution in [0.2, 0.25) is 0 Å². The van der Waals surface area contributed by atoms with Gasteiger partial charge in [0.1, 0.15) is 17.8 Å². The molecular weight excluding hydrogens is 386 g/mol. The van der Waals surface area contributed by atoms with E-state index in [2.05, 4.69) is 5.32 Å². The fraction of sp³-hybridized carbons (Fsp3) is 0.381. The topological polar surface area (TPSA) is 41.6 Å². The maximum absolute atomic E-state index is 14.0. The van der Waals surface area contributed by atoms with Gasteiger partial charge in [0.05, 0.1) is 0 Å². The summed E-state index contributed by atoms with van der Waals surface area (Å²) in [6.45, 7) is 2.62. The van der Waals surface area contributed by atoms with Gasteiger partial charge in [-0.1, -0.05) is 18.2 Å². The molecule has 3 heterocycles. The number of para-hydroxylation sites is 1. The van der Waals surface area contributed by atoms with E-state index in [0.717, 1.165) is 49.3 Å². The summed E-state index contributed by atoms with van der Waals surface area (Å²) in [6.07, 6.45) is 2.04. The van der Waals surface area contributed by atoms with Crippen LogP contribution in [-0.2, 0) is 10.2 Å². The zero-order valence-corrected chi connectivity index (χ0v) is 16.0. The highest BCUT2D eigenvalue weighted by Crippen LogP contribution is 2.52. The van der Waals surface area contributed by atoms with Gasteiger partial charge in [-0.25, -0.2) is 8.78 Å². The number of nitrogens with one attached hydrogen (secondary N) is 1. The van der Waals surface area contributed by atoms with E-state index >= 15 is 0 Å². The Labute approximate surface area is 168 Å². The van der Waals surface area contributed by atoms with Gasteiger partial charge in [0.25, 0.3) is 0 Å². The molecule has 2 aromatic rings. The first-order valence-electron chi connectivity index (χ1n) is 9.36. The lowest BCUT2D eigenvalue weighted by atomic mass is 9.77. The Morgan fingerprint density at radius 3 is 2.61 bits per heavy atom. The number of hydrogen-bond acceptors (Lipinski definition) is 3. The molecule has 0 saturated carbocycles. The first-order chi connectivity index (χ1) is 13.1. The molecule has 1 atom stereocenters. The minimum absolute atomic E-state index is 0. The van der Waals surface area contributed by atoms with Crippen molar-refractivity contribution in [2.45, 2.75) is 18.3 Å². The van der Waals surface area contributed by atoms with Crippen molar-refractivity contribution in [1.82, 2.24) is 5.32 Å². The van der Waals surface area contributed by atoms with Crippen molar-refractivity contribution in [3.8, 4) is 5.75 Å². The highest BCUT2D eigenvalue weighted by atomic mass is 35.5. The Morgan fingerprint density at radius 2 is 1.82 bits per heavy atom. The summed E-state index contributed by atoms with van der Waals surface area (Å²) < 4.78 is 33.4. The second-order valence-corrected chi connectivity index (χ2v) is 7.58. The summed E-state index contributed by atoms with van der Waals surface area (Å²) in [5, 5.41) is 3.34. The Morgan fingerprint density at radius 1 is 1.11 bits per heavy atom. The van der Waals surface area contributed by atoms with Crippen molar-refractivity contribution in [3.05, 3.63) is 59.2 Å². The van der Waals surface area contributed by atoms with Crippen LogP contribution in [0.15, 0.2) is 36.4 Å². The molecule has 1 spiro atoms. The predicted molar refractivity (Wildman–Crippen MR) is 104 cm³/mol. The highest BCUT2D eigenvalue weighted by molar-refractivity contribution is 6.11. The molecule has 4 nitrogen and oxygen atoms in total. The lowest BCUT2D eigenvalue weighted by Crippen LogP contribution is -2.45. The molecular formula is C21H21ClF2N2O2. The van der Waals surface area contributed by atoms with E-state index in [0.29, 0.717) is 18.0 Å². The molecule has 148 valence electrons. The largest absolute Gasteiger partial charge is 0.491 e. The van der Waals surface area contributed by atoms with Crippen molar-refractivity contribution in [3.63, 3.8) is 0 Å². The molecule has 28 heavy (non-hydrogen) atoms. The number of anilines is 1. The molecule has 0 bridgehead atoms. The van der Waals surface area contributed by atoms with Gasteiger partial charge in [-0.15, -0.1) is 12.4 Å². The number of carbonyl (C=O) groups excluding carboxylic acids is 1. The number of nitrogens with zero attached hydrogens (tertiary/aromatic N) is 1. The number of benzene rings is 2. The maximum atomic E-state index is 14.0. The Kier molecular flexibility index (Phi) is 4.79. The van der Waals surface area contributed by atoms with Gasteiger partial charge >= 0.3 is 0 Å². The SMILES string of the molecule is Cl.O=C1N(CC2CCNCC2)c2ccccc2C12COc1cc(F)c(F)cc12. The molecule has 0 radical (unpaired) electrons. The van der Waals surface area contributed by atoms with E-state index in [4.69, 9.17) is 4.74 Å². The zero-order chi connectivity index (χ0) is 18.6. The van der Waals surface area contributed by atoms with E-state index in [1.54, 1.807) is 0 Å². The average molecular weight is 407 g/mol. The van der Waals surface area contributed by atoms with Crippen LogP contribution in [0, 0.1) is 17.6 Å². The quantitative estimate of drug-likeness (QED) is 0.831. The van der Waals surface area contributed by atoms with Crippen LogP contribution in [-0.4, -0.2) is 32.1 Å². The highest BCUT2D eigenvalue weighted by Gasteiger charge is 2.57. The molecule has 3 aliphatic heterocycles. The van der Waals surface area contributed by atoms with Crippen LogP contribution in [0.5, 0.6) is 5.75 Å². The van der Waals surface area contributed by atoms with Gasteiger partial charge in [-0.2, -0.15) is 0 Å².